The van der Waals surface area contributed by atoms with Crippen LogP contribution in [0.25, 0.3) is 0 Å². The fourth-order valence-electron chi connectivity index (χ4n) is 2.56. The molecular weight excluding hydrogens is 290 g/mol. The van der Waals surface area contributed by atoms with Gasteiger partial charge in [-0.05, 0) is 43.0 Å². The number of nitrogens with zero attached hydrogens (tertiary/aromatic N) is 2. The third kappa shape index (κ3) is 2.74. The summed E-state index contributed by atoms with van der Waals surface area (Å²) in [7, 11) is 3.23. The molecule has 110 valence electrons. The molecule has 21 heavy (non-hydrogen) atoms. The fraction of sp³-hybridized carbons (Fsp3) is 0.333. The molecular formula is C15H16ClN3O2. The van der Waals surface area contributed by atoms with Crippen molar-refractivity contribution in [1.82, 2.24) is 9.97 Å². The van der Waals surface area contributed by atoms with Crippen LogP contribution >= 0.6 is 11.6 Å². The number of ether oxygens (including phenoxy) is 2. The largest absolute Gasteiger partial charge is 0.493 e. The highest BCUT2D eigenvalue weighted by Gasteiger charge is 2.19. The molecule has 0 unspecified atom stereocenters. The molecule has 1 aliphatic rings. The van der Waals surface area contributed by atoms with Crippen LogP contribution in [-0.2, 0) is 12.8 Å². The van der Waals surface area contributed by atoms with E-state index in [1.54, 1.807) is 14.2 Å². The average Bonchev–Trinajstić information content (AvgIpc) is 2.95. The first-order valence-electron chi connectivity index (χ1n) is 6.75. The van der Waals surface area contributed by atoms with Gasteiger partial charge in [0, 0.05) is 17.3 Å². The fourth-order valence-corrected chi connectivity index (χ4v) is 2.74. The molecule has 0 fully saturated rings. The molecule has 1 aromatic carbocycles. The highest BCUT2D eigenvalue weighted by molar-refractivity contribution is 6.28. The number of halogens is 1. The third-order valence-electron chi connectivity index (χ3n) is 3.55. The van der Waals surface area contributed by atoms with Gasteiger partial charge in [-0.1, -0.05) is 0 Å². The van der Waals surface area contributed by atoms with Crippen LogP contribution in [0.3, 0.4) is 0 Å². The molecule has 1 aromatic heterocycles. The number of rotatable bonds is 4. The maximum absolute atomic E-state index is 5.99. The Hall–Kier alpha value is -2.01. The lowest BCUT2D eigenvalue weighted by Crippen LogP contribution is -2.02. The van der Waals surface area contributed by atoms with Gasteiger partial charge in [0.2, 0.25) is 5.28 Å². The minimum Gasteiger partial charge on any atom is -0.493 e. The number of hydrogen-bond donors (Lipinski definition) is 1. The van der Waals surface area contributed by atoms with Crippen LogP contribution in [0.15, 0.2) is 18.2 Å². The Kier molecular flexibility index (Phi) is 3.84. The van der Waals surface area contributed by atoms with Gasteiger partial charge in [0.25, 0.3) is 0 Å². The SMILES string of the molecule is COc1ccc(Nc2nc(Cl)nc3c2CCC3)cc1OC. The first kappa shape index (κ1) is 13.9. The second kappa shape index (κ2) is 5.77. The summed E-state index contributed by atoms with van der Waals surface area (Å²) >= 11 is 5.99. The quantitative estimate of drug-likeness (QED) is 0.878. The van der Waals surface area contributed by atoms with E-state index in [2.05, 4.69) is 15.3 Å². The lowest BCUT2D eigenvalue weighted by atomic mass is 10.2. The molecule has 0 radical (unpaired) electrons. The normalized spacial score (nSPS) is 12.9. The Morgan fingerprint density at radius 3 is 2.67 bits per heavy atom. The zero-order valence-electron chi connectivity index (χ0n) is 11.9. The van der Waals surface area contributed by atoms with Crippen LogP contribution in [-0.4, -0.2) is 24.2 Å². The predicted molar refractivity (Wildman–Crippen MR) is 81.9 cm³/mol. The maximum atomic E-state index is 5.99. The molecule has 1 heterocycles. The lowest BCUT2D eigenvalue weighted by molar-refractivity contribution is 0.355. The van der Waals surface area contributed by atoms with Crippen molar-refractivity contribution in [3.63, 3.8) is 0 Å². The summed E-state index contributed by atoms with van der Waals surface area (Å²) in [5.74, 6) is 2.13. The molecule has 2 aromatic rings. The van der Waals surface area contributed by atoms with E-state index in [1.807, 2.05) is 18.2 Å². The van der Waals surface area contributed by atoms with Gasteiger partial charge >= 0.3 is 0 Å². The Morgan fingerprint density at radius 2 is 1.90 bits per heavy atom. The summed E-state index contributed by atoms with van der Waals surface area (Å²) in [4.78, 5) is 8.60. The Bertz CT molecular complexity index is 676. The van der Waals surface area contributed by atoms with Gasteiger partial charge in [0.1, 0.15) is 5.82 Å². The van der Waals surface area contributed by atoms with Crippen LogP contribution in [0.5, 0.6) is 11.5 Å². The lowest BCUT2D eigenvalue weighted by Gasteiger charge is -2.13. The minimum atomic E-state index is 0.277. The van der Waals surface area contributed by atoms with Crippen LogP contribution in [0, 0.1) is 0 Å². The second-order valence-corrected chi connectivity index (χ2v) is 5.15. The van der Waals surface area contributed by atoms with Crippen molar-refractivity contribution >= 4 is 23.1 Å². The van der Waals surface area contributed by atoms with E-state index in [-0.39, 0.29) is 5.28 Å². The van der Waals surface area contributed by atoms with Crippen molar-refractivity contribution in [3.05, 3.63) is 34.7 Å². The first-order valence-corrected chi connectivity index (χ1v) is 7.13. The summed E-state index contributed by atoms with van der Waals surface area (Å²) in [6.07, 6.45) is 3.02. The molecule has 0 bridgehead atoms. The molecule has 0 saturated carbocycles. The average molecular weight is 306 g/mol. The number of fused-ring (bicyclic) bond motifs is 1. The zero-order valence-corrected chi connectivity index (χ0v) is 12.7. The molecule has 6 heteroatoms. The van der Waals surface area contributed by atoms with Crippen molar-refractivity contribution in [1.29, 1.82) is 0 Å². The highest BCUT2D eigenvalue weighted by Crippen LogP contribution is 2.33. The predicted octanol–water partition coefficient (Wildman–Crippen LogP) is 3.38. The van der Waals surface area contributed by atoms with Crippen LogP contribution in [0.2, 0.25) is 5.28 Å². The van der Waals surface area contributed by atoms with Crippen LogP contribution < -0.4 is 14.8 Å². The Balaban J connectivity index is 1.94. The van der Waals surface area contributed by atoms with Crippen molar-refractivity contribution in [2.24, 2.45) is 0 Å². The molecule has 1 aliphatic carbocycles. The summed E-state index contributed by atoms with van der Waals surface area (Å²) < 4.78 is 10.5. The Labute approximate surface area is 128 Å². The number of aryl methyl sites for hydroxylation is 1. The van der Waals surface area contributed by atoms with Gasteiger partial charge < -0.3 is 14.8 Å². The van der Waals surface area contributed by atoms with Crippen molar-refractivity contribution in [2.45, 2.75) is 19.3 Å². The first-order chi connectivity index (χ1) is 10.2. The smallest absolute Gasteiger partial charge is 0.224 e. The number of aromatic nitrogens is 2. The van der Waals surface area contributed by atoms with E-state index >= 15 is 0 Å². The van der Waals surface area contributed by atoms with Gasteiger partial charge in [-0.25, -0.2) is 9.97 Å². The van der Waals surface area contributed by atoms with Crippen molar-refractivity contribution in [2.75, 3.05) is 19.5 Å². The maximum Gasteiger partial charge on any atom is 0.224 e. The molecule has 3 rings (SSSR count). The number of methoxy groups -OCH3 is 2. The number of nitrogens with one attached hydrogen (secondary N) is 1. The van der Waals surface area contributed by atoms with Gasteiger partial charge in [-0.15, -0.1) is 0 Å². The van der Waals surface area contributed by atoms with E-state index in [0.717, 1.165) is 42.0 Å². The Morgan fingerprint density at radius 1 is 1.10 bits per heavy atom. The number of anilines is 2. The molecule has 0 amide bonds. The number of benzene rings is 1. The van der Waals surface area contributed by atoms with E-state index in [4.69, 9.17) is 21.1 Å². The molecule has 0 atom stereocenters. The van der Waals surface area contributed by atoms with Crippen molar-refractivity contribution in [3.8, 4) is 11.5 Å². The molecule has 0 saturated heterocycles. The third-order valence-corrected chi connectivity index (χ3v) is 3.72. The molecule has 1 N–H and O–H groups in total. The van der Waals surface area contributed by atoms with Gasteiger partial charge in [-0.3, -0.25) is 0 Å². The van der Waals surface area contributed by atoms with E-state index in [9.17, 15) is 0 Å². The van der Waals surface area contributed by atoms with Crippen molar-refractivity contribution < 1.29 is 9.47 Å². The monoisotopic (exact) mass is 305 g/mol. The minimum absolute atomic E-state index is 0.277. The second-order valence-electron chi connectivity index (χ2n) is 4.81. The summed E-state index contributed by atoms with van der Waals surface area (Å²) in [6.45, 7) is 0. The van der Waals surface area contributed by atoms with E-state index in [1.165, 1.54) is 0 Å². The molecule has 0 aliphatic heterocycles. The van der Waals surface area contributed by atoms with Gasteiger partial charge in [0.15, 0.2) is 11.5 Å². The number of hydrogen-bond acceptors (Lipinski definition) is 5. The van der Waals surface area contributed by atoms with Crippen LogP contribution in [0.1, 0.15) is 17.7 Å². The van der Waals surface area contributed by atoms with E-state index in [0.29, 0.717) is 11.5 Å². The van der Waals surface area contributed by atoms with Gasteiger partial charge in [-0.2, -0.15) is 0 Å². The van der Waals surface area contributed by atoms with E-state index < -0.39 is 0 Å². The summed E-state index contributed by atoms with van der Waals surface area (Å²) in [5.41, 5.74) is 3.06. The zero-order chi connectivity index (χ0) is 14.8. The molecule has 0 spiro atoms. The summed E-state index contributed by atoms with van der Waals surface area (Å²) in [5, 5.41) is 3.58. The topological polar surface area (TPSA) is 56.3 Å². The molecule has 5 nitrogen and oxygen atoms in total. The highest BCUT2D eigenvalue weighted by atomic mass is 35.5. The van der Waals surface area contributed by atoms with Gasteiger partial charge in [0.05, 0.1) is 19.9 Å². The standard InChI is InChI=1S/C15H16ClN3O2/c1-20-12-7-6-9(8-13(12)21-2)17-14-10-4-3-5-11(10)18-15(16)19-14/h6-8H,3-5H2,1-2H3,(H,17,18,19). The summed E-state index contributed by atoms with van der Waals surface area (Å²) in [6, 6.07) is 5.64. The van der Waals surface area contributed by atoms with Crippen LogP contribution in [0.4, 0.5) is 11.5 Å².